The van der Waals surface area contributed by atoms with Gasteiger partial charge in [0, 0.05) is 11.5 Å². The summed E-state index contributed by atoms with van der Waals surface area (Å²) in [5.41, 5.74) is 0. The van der Waals surface area contributed by atoms with Crippen molar-refractivity contribution in [3.05, 3.63) is 0 Å². The van der Waals surface area contributed by atoms with Gasteiger partial charge in [-0.3, -0.25) is 8.42 Å². The molecule has 0 radical (unpaired) electrons. The summed E-state index contributed by atoms with van der Waals surface area (Å²) in [5.74, 6) is 0.444. The molecule has 0 bridgehead atoms. The van der Waals surface area contributed by atoms with Crippen molar-refractivity contribution in [2.24, 2.45) is 0 Å². The SMILES string of the molecule is CCS(=O)[O-].CCS(=O)[O-].[Ti+2]. The average Bonchev–Trinajstić information content (AvgIpc) is 1.89. The molecule has 0 aliphatic rings. The van der Waals surface area contributed by atoms with Crippen molar-refractivity contribution < 1.29 is 39.2 Å². The minimum atomic E-state index is -1.82. The van der Waals surface area contributed by atoms with E-state index in [1.165, 1.54) is 0 Å². The smallest absolute Gasteiger partial charge is 0.772 e. The Bertz CT molecular complexity index is 105. The Kier molecular flexibility index (Phi) is 22.0. The summed E-state index contributed by atoms with van der Waals surface area (Å²) in [7, 11) is 0. The van der Waals surface area contributed by atoms with Gasteiger partial charge in [0.05, 0.1) is 0 Å². The van der Waals surface area contributed by atoms with Crippen molar-refractivity contribution >= 4 is 22.2 Å². The molecule has 0 saturated heterocycles. The fourth-order valence-electron chi connectivity index (χ4n) is 0. The average molecular weight is 234 g/mol. The van der Waals surface area contributed by atoms with Crippen LogP contribution >= 0.6 is 0 Å². The molecule has 66 valence electrons. The normalized spacial score (nSPS) is 13.5. The zero-order valence-electron chi connectivity index (χ0n) is 6.36. The molecule has 0 rings (SSSR count). The third kappa shape index (κ3) is 35.8. The minimum Gasteiger partial charge on any atom is -0.772 e. The van der Waals surface area contributed by atoms with E-state index in [0.29, 0.717) is 0 Å². The van der Waals surface area contributed by atoms with Crippen molar-refractivity contribution in [2.75, 3.05) is 11.5 Å². The van der Waals surface area contributed by atoms with Crippen LogP contribution in [0.4, 0.5) is 0 Å². The predicted octanol–water partition coefficient (Wildman–Crippen LogP) is -0.232. The van der Waals surface area contributed by atoms with Crippen molar-refractivity contribution in [1.82, 2.24) is 0 Å². The zero-order valence-corrected chi connectivity index (χ0v) is 9.56. The molecule has 0 N–H and O–H groups in total. The summed E-state index contributed by atoms with van der Waals surface area (Å²) in [5, 5.41) is 0. The summed E-state index contributed by atoms with van der Waals surface area (Å²) in [6.07, 6.45) is 0. The third-order valence-electron chi connectivity index (χ3n) is 0.471. The molecule has 0 aromatic carbocycles. The van der Waals surface area contributed by atoms with Crippen LogP contribution in [0.15, 0.2) is 0 Å². The number of hydrogen-bond acceptors (Lipinski definition) is 4. The molecule has 0 aromatic rings. The van der Waals surface area contributed by atoms with Crippen LogP contribution in [0.3, 0.4) is 0 Å². The van der Waals surface area contributed by atoms with Gasteiger partial charge in [-0.05, 0) is 0 Å². The standard InChI is InChI=1S/2C2H6O2S.Ti/c2*1-2-5(3)4;/h2*2H2,1H3,(H,3,4);/q;;+2/p-2. The number of hydrogen-bond donors (Lipinski definition) is 0. The Labute approximate surface area is 86.6 Å². The van der Waals surface area contributed by atoms with Gasteiger partial charge in [0.25, 0.3) is 0 Å². The summed E-state index contributed by atoms with van der Waals surface area (Å²) < 4.78 is 37.5. The first-order valence-electron chi connectivity index (χ1n) is 2.66. The molecule has 2 unspecified atom stereocenters. The second-order valence-corrected chi connectivity index (χ2v) is 3.55. The fourth-order valence-corrected chi connectivity index (χ4v) is 0. The maximum absolute atomic E-state index is 9.37. The van der Waals surface area contributed by atoms with Gasteiger partial charge in [-0.15, -0.1) is 0 Å². The summed E-state index contributed by atoms with van der Waals surface area (Å²) in [6, 6.07) is 0. The first-order chi connectivity index (χ1) is 4.54. The fraction of sp³-hybridized carbons (Fsp3) is 1.00. The Hall–Kier alpha value is 0.934. The molecular formula is C4H10O4S2Ti. The molecule has 0 fully saturated rings. The van der Waals surface area contributed by atoms with Gasteiger partial charge in [-0.2, -0.15) is 0 Å². The maximum Gasteiger partial charge on any atom is 2.00 e. The van der Waals surface area contributed by atoms with E-state index in [0.717, 1.165) is 0 Å². The predicted molar refractivity (Wildman–Crippen MR) is 38.9 cm³/mol. The largest absolute Gasteiger partial charge is 2.00 e. The Morgan fingerprint density at radius 3 is 1.09 bits per heavy atom. The van der Waals surface area contributed by atoms with Crippen molar-refractivity contribution in [3.63, 3.8) is 0 Å². The Morgan fingerprint density at radius 1 is 1.00 bits per heavy atom. The van der Waals surface area contributed by atoms with Crippen molar-refractivity contribution in [2.45, 2.75) is 13.8 Å². The molecule has 2 atom stereocenters. The van der Waals surface area contributed by atoms with E-state index in [4.69, 9.17) is 0 Å². The quantitative estimate of drug-likeness (QED) is 0.488. The molecule has 4 nitrogen and oxygen atoms in total. The van der Waals surface area contributed by atoms with Gasteiger partial charge in [0.2, 0.25) is 0 Å². The molecule has 0 aromatic heterocycles. The topological polar surface area (TPSA) is 80.3 Å². The van der Waals surface area contributed by atoms with E-state index in [-0.39, 0.29) is 33.2 Å². The molecular weight excluding hydrogens is 224 g/mol. The molecule has 7 heteroatoms. The van der Waals surface area contributed by atoms with Gasteiger partial charge in [-0.25, -0.2) is 0 Å². The van der Waals surface area contributed by atoms with Crippen molar-refractivity contribution in [1.29, 1.82) is 0 Å². The van der Waals surface area contributed by atoms with Gasteiger partial charge >= 0.3 is 21.7 Å². The monoisotopic (exact) mass is 234 g/mol. The van der Waals surface area contributed by atoms with E-state index in [1.54, 1.807) is 13.8 Å². The van der Waals surface area contributed by atoms with Crippen LogP contribution in [-0.4, -0.2) is 29.0 Å². The van der Waals surface area contributed by atoms with Gasteiger partial charge < -0.3 is 9.11 Å². The van der Waals surface area contributed by atoms with E-state index in [9.17, 15) is 17.5 Å². The molecule has 0 spiro atoms. The van der Waals surface area contributed by atoms with E-state index >= 15 is 0 Å². The minimum absolute atomic E-state index is 0. The first kappa shape index (κ1) is 17.9. The third-order valence-corrected chi connectivity index (χ3v) is 1.41. The van der Waals surface area contributed by atoms with E-state index < -0.39 is 22.2 Å². The molecule has 0 aliphatic carbocycles. The molecule has 0 amide bonds. The number of rotatable bonds is 2. The van der Waals surface area contributed by atoms with Gasteiger partial charge in [-0.1, -0.05) is 36.0 Å². The van der Waals surface area contributed by atoms with E-state index in [2.05, 4.69) is 0 Å². The summed E-state index contributed by atoms with van der Waals surface area (Å²) >= 11 is -3.65. The zero-order chi connectivity index (χ0) is 8.57. The Balaban J connectivity index is -0.000000107. The van der Waals surface area contributed by atoms with Gasteiger partial charge in [0.1, 0.15) is 0 Å². The summed E-state index contributed by atoms with van der Waals surface area (Å²) in [6.45, 7) is 3.17. The first-order valence-corrected chi connectivity index (χ1v) is 5.15. The summed E-state index contributed by atoms with van der Waals surface area (Å²) in [4.78, 5) is 0. The molecule has 0 heterocycles. The van der Waals surface area contributed by atoms with E-state index in [1.807, 2.05) is 0 Å². The molecule has 0 saturated carbocycles. The molecule has 0 aliphatic heterocycles. The second kappa shape index (κ2) is 13.5. The van der Waals surface area contributed by atoms with Crippen LogP contribution in [0.2, 0.25) is 0 Å². The van der Waals surface area contributed by atoms with Crippen LogP contribution in [0.5, 0.6) is 0 Å². The van der Waals surface area contributed by atoms with Crippen LogP contribution in [0.1, 0.15) is 13.8 Å². The Morgan fingerprint density at radius 2 is 1.09 bits per heavy atom. The van der Waals surface area contributed by atoms with Crippen LogP contribution in [0, 0.1) is 0 Å². The van der Waals surface area contributed by atoms with Crippen LogP contribution in [-0.2, 0) is 43.9 Å². The van der Waals surface area contributed by atoms with Gasteiger partial charge in [0.15, 0.2) is 0 Å². The molecule has 11 heavy (non-hydrogen) atoms. The van der Waals surface area contributed by atoms with Crippen LogP contribution < -0.4 is 0 Å². The maximum atomic E-state index is 9.37. The van der Waals surface area contributed by atoms with Crippen LogP contribution in [0.25, 0.3) is 0 Å². The second-order valence-electron chi connectivity index (χ2n) is 1.18. The van der Waals surface area contributed by atoms with Crippen molar-refractivity contribution in [3.8, 4) is 0 Å².